The standard InChI is InChI=1S/C18H22N2O3/c1-13-10-14(12-21)6-9-20(13)18(23)11-19-8-7-17(22)15-4-2-3-5-16(15)19/h2-5,7-8,13-14,21H,6,9-12H2,1H3/t13-,14-/m0/s1. The molecule has 2 heterocycles. The van der Waals surface area contributed by atoms with Crippen LogP contribution in [0.15, 0.2) is 41.3 Å². The third kappa shape index (κ3) is 3.15. The number of carbonyl (C=O) groups is 1. The number of fused-ring (bicyclic) bond motifs is 1. The number of likely N-dealkylation sites (tertiary alicyclic amines) is 1. The van der Waals surface area contributed by atoms with Crippen molar-refractivity contribution in [2.24, 2.45) is 5.92 Å². The van der Waals surface area contributed by atoms with Crippen molar-refractivity contribution in [3.63, 3.8) is 0 Å². The van der Waals surface area contributed by atoms with E-state index in [0.29, 0.717) is 17.8 Å². The number of hydrogen-bond donors (Lipinski definition) is 1. The minimum atomic E-state index is -0.0265. The maximum absolute atomic E-state index is 12.7. The minimum absolute atomic E-state index is 0.0265. The van der Waals surface area contributed by atoms with E-state index < -0.39 is 0 Å². The fourth-order valence-corrected chi connectivity index (χ4v) is 3.44. The van der Waals surface area contributed by atoms with Crippen LogP contribution in [0.1, 0.15) is 19.8 Å². The molecule has 2 atom stereocenters. The molecule has 5 heteroatoms. The summed E-state index contributed by atoms with van der Waals surface area (Å²) < 4.78 is 1.84. The van der Waals surface area contributed by atoms with Crippen LogP contribution in [0, 0.1) is 5.92 Å². The molecular weight excluding hydrogens is 292 g/mol. The fraction of sp³-hybridized carbons (Fsp3) is 0.444. The van der Waals surface area contributed by atoms with Gasteiger partial charge in [0, 0.05) is 36.8 Å². The van der Waals surface area contributed by atoms with Crippen LogP contribution in [-0.4, -0.2) is 39.7 Å². The normalized spacial score (nSPS) is 21.6. The van der Waals surface area contributed by atoms with Crippen molar-refractivity contribution in [2.75, 3.05) is 13.2 Å². The second-order valence-corrected chi connectivity index (χ2v) is 6.33. The SMILES string of the molecule is C[C@H]1C[C@@H](CO)CCN1C(=O)Cn1ccc(=O)c2ccccc21. The first kappa shape index (κ1) is 15.7. The molecule has 2 aromatic rings. The summed E-state index contributed by atoms with van der Waals surface area (Å²) in [5.41, 5.74) is 0.757. The molecule has 1 aromatic heterocycles. The quantitative estimate of drug-likeness (QED) is 0.936. The van der Waals surface area contributed by atoms with Gasteiger partial charge in [0.15, 0.2) is 5.43 Å². The van der Waals surface area contributed by atoms with Crippen LogP contribution in [-0.2, 0) is 11.3 Å². The largest absolute Gasteiger partial charge is 0.396 e. The van der Waals surface area contributed by atoms with Gasteiger partial charge in [-0.1, -0.05) is 12.1 Å². The van der Waals surface area contributed by atoms with E-state index >= 15 is 0 Å². The van der Waals surface area contributed by atoms with Gasteiger partial charge in [0.2, 0.25) is 5.91 Å². The summed E-state index contributed by atoms with van der Waals surface area (Å²) in [4.78, 5) is 26.5. The predicted octanol–water partition coefficient (Wildman–Crippen LogP) is 1.62. The van der Waals surface area contributed by atoms with Gasteiger partial charge in [-0.3, -0.25) is 9.59 Å². The number of aliphatic hydroxyl groups is 1. The summed E-state index contributed by atoms with van der Waals surface area (Å²) in [7, 11) is 0. The summed E-state index contributed by atoms with van der Waals surface area (Å²) in [6.07, 6.45) is 3.37. The molecule has 0 saturated carbocycles. The molecule has 1 N–H and O–H groups in total. The number of rotatable bonds is 3. The van der Waals surface area contributed by atoms with Crippen LogP contribution in [0.2, 0.25) is 0 Å². The lowest BCUT2D eigenvalue weighted by Crippen LogP contribution is -2.46. The van der Waals surface area contributed by atoms with Crippen molar-refractivity contribution in [1.29, 1.82) is 0 Å². The van der Waals surface area contributed by atoms with Crippen molar-refractivity contribution in [2.45, 2.75) is 32.4 Å². The molecule has 23 heavy (non-hydrogen) atoms. The molecule has 0 spiro atoms. The Morgan fingerprint density at radius 1 is 1.30 bits per heavy atom. The summed E-state index contributed by atoms with van der Waals surface area (Å²) in [6, 6.07) is 9.01. The number of nitrogens with zero attached hydrogens (tertiary/aromatic N) is 2. The highest BCUT2D eigenvalue weighted by Crippen LogP contribution is 2.23. The third-order valence-electron chi connectivity index (χ3n) is 4.75. The molecule has 5 nitrogen and oxygen atoms in total. The van der Waals surface area contributed by atoms with Crippen LogP contribution >= 0.6 is 0 Å². The average Bonchev–Trinajstić information content (AvgIpc) is 2.57. The molecule has 1 amide bonds. The smallest absolute Gasteiger partial charge is 0.242 e. The maximum Gasteiger partial charge on any atom is 0.242 e. The van der Waals surface area contributed by atoms with Gasteiger partial charge >= 0.3 is 0 Å². The molecule has 0 bridgehead atoms. The Morgan fingerprint density at radius 2 is 2.09 bits per heavy atom. The van der Waals surface area contributed by atoms with Gasteiger partial charge in [0.25, 0.3) is 0 Å². The molecule has 0 unspecified atom stereocenters. The number of amides is 1. The zero-order valence-electron chi connectivity index (χ0n) is 13.3. The van der Waals surface area contributed by atoms with Gasteiger partial charge in [-0.25, -0.2) is 0 Å². The molecule has 3 rings (SSSR count). The van der Waals surface area contributed by atoms with Crippen LogP contribution in [0.3, 0.4) is 0 Å². The number of pyridine rings is 1. The van der Waals surface area contributed by atoms with Crippen LogP contribution in [0.25, 0.3) is 10.9 Å². The number of hydrogen-bond acceptors (Lipinski definition) is 3. The Balaban J connectivity index is 1.81. The van der Waals surface area contributed by atoms with Gasteiger partial charge in [0.05, 0.1) is 5.52 Å². The topological polar surface area (TPSA) is 62.5 Å². The molecule has 122 valence electrons. The zero-order chi connectivity index (χ0) is 16.4. The van der Waals surface area contributed by atoms with Crippen molar-refractivity contribution < 1.29 is 9.90 Å². The van der Waals surface area contributed by atoms with Gasteiger partial charge in [-0.05, 0) is 37.8 Å². The van der Waals surface area contributed by atoms with Crippen LogP contribution in [0.5, 0.6) is 0 Å². The first-order chi connectivity index (χ1) is 11.1. The predicted molar refractivity (Wildman–Crippen MR) is 89.2 cm³/mol. The lowest BCUT2D eigenvalue weighted by molar-refractivity contribution is -0.136. The summed E-state index contributed by atoms with van der Waals surface area (Å²) in [6.45, 7) is 3.14. The zero-order valence-corrected chi connectivity index (χ0v) is 13.3. The summed E-state index contributed by atoms with van der Waals surface area (Å²) in [5, 5.41) is 9.91. The lowest BCUT2D eigenvalue weighted by atomic mass is 9.92. The van der Waals surface area contributed by atoms with E-state index in [1.807, 2.05) is 34.6 Å². The fourth-order valence-electron chi connectivity index (χ4n) is 3.44. The lowest BCUT2D eigenvalue weighted by Gasteiger charge is -2.37. The average molecular weight is 314 g/mol. The van der Waals surface area contributed by atoms with Gasteiger partial charge in [-0.2, -0.15) is 0 Å². The van der Waals surface area contributed by atoms with Gasteiger partial charge in [-0.15, -0.1) is 0 Å². The van der Waals surface area contributed by atoms with E-state index in [0.717, 1.165) is 18.4 Å². The number of carbonyl (C=O) groups excluding carboxylic acids is 1. The van der Waals surface area contributed by atoms with E-state index in [1.165, 1.54) is 6.07 Å². The Hall–Kier alpha value is -2.14. The highest BCUT2D eigenvalue weighted by atomic mass is 16.3. The summed E-state index contributed by atoms with van der Waals surface area (Å²) in [5.74, 6) is 0.352. The van der Waals surface area contributed by atoms with Crippen molar-refractivity contribution in [3.8, 4) is 0 Å². The Kier molecular flexibility index (Phi) is 4.48. The molecule has 0 aliphatic carbocycles. The highest BCUT2D eigenvalue weighted by molar-refractivity contribution is 5.82. The molecule has 1 aromatic carbocycles. The second-order valence-electron chi connectivity index (χ2n) is 6.33. The highest BCUT2D eigenvalue weighted by Gasteiger charge is 2.28. The first-order valence-electron chi connectivity index (χ1n) is 8.08. The van der Waals surface area contributed by atoms with E-state index in [2.05, 4.69) is 0 Å². The van der Waals surface area contributed by atoms with Crippen LogP contribution in [0.4, 0.5) is 0 Å². The van der Waals surface area contributed by atoms with E-state index in [9.17, 15) is 14.7 Å². The Bertz CT molecular complexity index is 768. The molecule has 0 radical (unpaired) electrons. The van der Waals surface area contributed by atoms with E-state index in [4.69, 9.17) is 0 Å². The molecule has 1 saturated heterocycles. The molecular formula is C18H22N2O3. The molecule has 1 aliphatic heterocycles. The number of para-hydroxylation sites is 1. The van der Waals surface area contributed by atoms with Crippen molar-refractivity contribution in [1.82, 2.24) is 9.47 Å². The Morgan fingerprint density at radius 3 is 2.83 bits per heavy atom. The van der Waals surface area contributed by atoms with E-state index in [1.54, 1.807) is 12.3 Å². The Labute approximate surface area is 135 Å². The van der Waals surface area contributed by atoms with Crippen molar-refractivity contribution >= 4 is 16.8 Å². The molecule has 1 fully saturated rings. The number of aromatic nitrogens is 1. The van der Waals surface area contributed by atoms with Crippen molar-refractivity contribution in [3.05, 3.63) is 46.8 Å². The number of benzene rings is 1. The van der Waals surface area contributed by atoms with Gasteiger partial charge < -0.3 is 14.6 Å². The summed E-state index contributed by atoms with van der Waals surface area (Å²) >= 11 is 0. The maximum atomic E-state index is 12.7. The first-order valence-corrected chi connectivity index (χ1v) is 8.08. The second kappa shape index (κ2) is 6.54. The van der Waals surface area contributed by atoms with E-state index in [-0.39, 0.29) is 30.5 Å². The van der Waals surface area contributed by atoms with Crippen LogP contribution < -0.4 is 5.43 Å². The number of aliphatic hydroxyl groups excluding tert-OH is 1. The third-order valence-corrected chi connectivity index (χ3v) is 4.75. The van der Waals surface area contributed by atoms with Gasteiger partial charge in [0.1, 0.15) is 6.54 Å². The minimum Gasteiger partial charge on any atom is -0.396 e. The monoisotopic (exact) mass is 314 g/mol. The molecule has 1 aliphatic rings. The number of piperidine rings is 1.